The average molecular weight is 223 g/mol. The van der Waals surface area contributed by atoms with E-state index in [0.29, 0.717) is 5.56 Å². The lowest BCUT2D eigenvalue weighted by Gasteiger charge is -2.04. The Morgan fingerprint density at radius 3 is 2.62 bits per heavy atom. The standard InChI is InChI=1S/C10H7F2N3O/c1-6-2-8(11)9(12)3-7(6)10(16)15-5-13-4-14-15/h2-5H,1H3. The van der Waals surface area contributed by atoms with Crippen LogP contribution in [0.25, 0.3) is 0 Å². The second-order valence-electron chi connectivity index (χ2n) is 3.23. The van der Waals surface area contributed by atoms with Crippen LogP contribution in [0.2, 0.25) is 0 Å². The van der Waals surface area contributed by atoms with Crippen molar-refractivity contribution in [3.63, 3.8) is 0 Å². The van der Waals surface area contributed by atoms with Crippen LogP contribution in [-0.4, -0.2) is 20.7 Å². The average Bonchev–Trinajstić information content (AvgIpc) is 2.75. The normalized spacial score (nSPS) is 10.4. The minimum atomic E-state index is -1.06. The van der Waals surface area contributed by atoms with Crippen molar-refractivity contribution in [1.29, 1.82) is 0 Å². The summed E-state index contributed by atoms with van der Waals surface area (Å²) in [5, 5.41) is 3.63. The molecule has 0 radical (unpaired) electrons. The first-order valence-corrected chi connectivity index (χ1v) is 4.44. The van der Waals surface area contributed by atoms with E-state index in [0.717, 1.165) is 16.8 Å². The Morgan fingerprint density at radius 2 is 2.00 bits per heavy atom. The van der Waals surface area contributed by atoms with Crippen molar-refractivity contribution in [1.82, 2.24) is 14.8 Å². The van der Waals surface area contributed by atoms with E-state index in [9.17, 15) is 13.6 Å². The number of rotatable bonds is 1. The Balaban J connectivity index is 2.49. The van der Waals surface area contributed by atoms with Crippen LogP contribution in [0.4, 0.5) is 8.78 Å². The maximum atomic E-state index is 13.0. The summed E-state index contributed by atoms with van der Waals surface area (Å²) < 4.78 is 26.8. The number of benzene rings is 1. The van der Waals surface area contributed by atoms with Crippen molar-refractivity contribution in [3.8, 4) is 0 Å². The van der Waals surface area contributed by atoms with Gasteiger partial charge in [-0.15, -0.1) is 0 Å². The highest BCUT2D eigenvalue weighted by molar-refractivity contribution is 5.96. The highest BCUT2D eigenvalue weighted by Crippen LogP contribution is 2.15. The van der Waals surface area contributed by atoms with E-state index in [1.54, 1.807) is 0 Å². The largest absolute Gasteiger partial charge is 0.280 e. The summed E-state index contributed by atoms with van der Waals surface area (Å²) in [6, 6.07) is 1.83. The summed E-state index contributed by atoms with van der Waals surface area (Å²) in [5.41, 5.74) is 0.406. The fraction of sp³-hybridized carbons (Fsp3) is 0.100. The second-order valence-corrected chi connectivity index (χ2v) is 3.23. The van der Waals surface area contributed by atoms with Crippen molar-refractivity contribution in [2.24, 2.45) is 0 Å². The molecule has 0 bridgehead atoms. The lowest BCUT2D eigenvalue weighted by Crippen LogP contribution is -2.14. The van der Waals surface area contributed by atoms with Crippen molar-refractivity contribution < 1.29 is 13.6 Å². The van der Waals surface area contributed by atoms with Gasteiger partial charge in [0.05, 0.1) is 0 Å². The molecule has 1 aromatic carbocycles. The highest BCUT2D eigenvalue weighted by Gasteiger charge is 2.15. The number of hydrogen-bond acceptors (Lipinski definition) is 3. The van der Waals surface area contributed by atoms with Crippen LogP contribution >= 0.6 is 0 Å². The topological polar surface area (TPSA) is 47.8 Å². The predicted octanol–water partition coefficient (Wildman–Crippen LogP) is 1.55. The van der Waals surface area contributed by atoms with Gasteiger partial charge in [0.2, 0.25) is 0 Å². The van der Waals surface area contributed by atoms with Crippen LogP contribution in [0, 0.1) is 18.6 Å². The quantitative estimate of drug-likeness (QED) is 0.737. The van der Waals surface area contributed by atoms with E-state index in [1.165, 1.54) is 19.6 Å². The molecule has 0 unspecified atom stereocenters. The lowest BCUT2D eigenvalue weighted by atomic mass is 10.1. The third-order valence-corrected chi connectivity index (χ3v) is 2.12. The molecule has 82 valence electrons. The van der Waals surface area contributed by atoms with Gasteiger partial charge in [-0.25, -0.2) is 13.8 Å². The fourth-order valence-corrected chi connectivity index (χ4v) is 1.31. The SMILES string of the molecule is Cc1cc(F)c(F)cc1C(=O)n1cncn1. The molecule has 6 heteroatoms. The van der Waals surface area contributed by atoms with Crippen LogP contribution in [0.15, 0.2) is 24.8 Å². The molecule has 0 aliphatic carbocycles. The smallest absolute Gasteiger partial charge is 0.267 e. The zero-order valence-electron chi connectivity index (χ0n) is 8.32. The minimum Gasteiger partial charge on any atom is -0.267 e. The first kappa shape index (κ1) is 10.4. The number of carbonyl (C=O) groups excluding carboxylic acids is 1. The first-order valence-electron chi connectivity index (χ1n) is 4.44. The minimum absolute atomic E-state index is 0.0596. The van der Waals surface area contributed by atoms with Crippen molar-refractivity contribution in [2.75, 3.05) is 0 Å². The first-order chi connectivity index (χ1) is 7.59. The zero-order valence-corrected chi connectivity index (χ0v) is 8.32. The number of nitrogens with zero attached hydrogens (tertiary/aromatic N) is 3. The zero-order chi connectivity index (χ0) is 11.7. The molecule has 2 aromatic rings. The van der Waals surface area contributed by atoms with Gasteiger partial charge < -0.3 is 0 Å². The second kappa shape index (κ2) is 3.80. The van der Waals surface area contributed by atoms with Gasteiger partial charge in [0.15, 0.2) is 11.6 Å². The molecule has 0 saturated carbocycles. The molecule has 0 amide bonds. The number of halogens is 2. The van der Waals surface area contributed by atoms with E-state index in [4.69, 9.17) is 0 Å². The highest BCUT2D eigenvalue weighted by atomic mass is 19.2. The summed E-state index contributed by atoms with van der Waals surface area (Å²) in [6.07, 6.45) is 2.39. The van der Waals surface area contributed by atoms with Crippen molar-refractivity contribution in [2.45, 2.75) is 6.92 Å². The molecule has 1 aromatic heterocycles. The molecule has 0 N–H and O–H groups in total. The third-order valence-electron chi connectivity index (χ3n) is 2.12. The summed E-state index contributed by atoms with van der Waals surface area (Å²) in [6.45, 7) is 1.52. The molecule has 0 saturated heterocycles. The van der Waals surface area contributed by atoms with E-state index >= 15 is 0 Å². The number of aryl methyl sites for hydroxylation is 1. The van der Waals surface area contributed by atoms with Gasteiger partial charge in [-0.1, -0.05) is 0 Å². The van der Waals surface area contributed by atoms with E-state index in [2.05, 4.69) is 10.1 Å². The van der Waals surface area contributed by atoms with Gasteiger partial charge in [-0.3, -0.25) is 4.79 Å². The molecule has 0 aliphatic heterocycles. The van der Waals surface area contributed by atoms with Gasteiger partial charge in [0.1, 0.15) is 12.7 Å². The molecule has 0 spiro atoms. The molecule has 4 nitrogen and oxygen atoms in total. The predicted molar refractivity (Wildman–Crippen MR) is 50.8 cm³/mol. The maximum Gasteiger partial charge on any atom is 0.280 e. The fourth-order valence-electron chi connectivity index (χ4n) is 1.31. The maximum absolute atomic E-state index is 13.0. The number of carbonyl (C=O) groups is 1. The Morgan fingerprint density at radius 1 is 1.31 bits per heavy atom. The van der Waals surface area contributed by atoms with Crippen LogP contribution < -0.4 is 0 Å². The molecule has 0 aliphatic rings. The van der Waals surface area contributed by atoms with E-state index in [1.807, 2.05) is 0 Å². The number of aromatic nitrogens is 3. The van der Waals surface area contributed by atoms with E-state index in [-0.39, 0.29) is 5.56 Å². The Labute approximate surface area is 89.5 Å². The Hall–Kier alpha value is -2.11. The molecular weight excluding hydrogens is 216 g/mol. The molecule has 0 fully saturated rings. The molecular formula is C10H7F2N3O. The summed E-state index contributed by atoms with van der Waals surface area (Å²) in [7, 11) is 0. The summed E-state index contributed by atoms with van der Waals surface area (Å²) in [4.78, 5) is 15.4. The molecule has 0 atom stereocenters. The van der Waals surface area contributed by atoms with Crippen LogP contribution in [-0.2, 0) is 0 Å². The van der Waals surface area contributed by atoms with Crippen LogP contribution in [0.5, 0.6) is 0 Å². The third kappa shape index (κ3) is 1.69. The molecule has 1 heterocycles. The molecule has 2 rings (SSSR count). The van der Waals surface area contributed by atoms with Crippen LogP contribution in [0.1, 0.15) is 15.9 Å². The van der Waals surface area contributed by atoms with Gasteiger partial charge in [-0.2, -0.15) is 9.78 Å². The van der Waals surface area contributed by atoms with Crippen LogP contribution in [0.3, 0.4) is 0 Å². The van der Waals surface area contributed by atoms with E-state index < -0.39 is 17.5 Å². The monoisotopic (exact) mass is 223 g/mol. The summed E-state index contributed by atoms with van der Waals surface area (Å²) >= 11 is 0. The van der Waals surface area contributed by atoms with Gasteiger partial charge in [0.25, 0.3) is 5.91 Å². The number of hydrogen-bond donors (Lipinski definition) is 0. The van der Waals surface area contributed by atoms with Crippen molar-refractivity contribution >= 4 is 5.91 Å². The Kier molecular flexibility index (Phi) is 2.47. The Bertz CT molecular complexity index is 537. The van der Waals surface area contributed by atoms with Gasteiger partial charge in [0, 0.05) is 5.56 Å². The van der Waals surface area contributed by atoms with Gasteiger partial charge >= 0.3 is 0 Å². The van der Waals surface area contributed by atoms with Gasteiger partial charge in [-0.05, 0) is 24.6 Å². The van der Waals surface area contributed by atoms with Crippen molar-refractivity contribution in [3.05, 3.63) is 47.5 Å². The summed E-state index contributed by atoms with van der Waals surface area (Å²) in [5.74, 6) is -2.59. The lowest BCUT2D eigenvalue weighted by molar-refractivity contribution is 0.0943. The molecule has 16 heavy (non-hydrogen) atoms.